The quantitative estimate of drug-likeness (QED) is 0.621. The third-order valence-electron chi connectivity index (χ3n) is 3.14. The number of unbranched alkanes of at least 4 members (excludes halogenated alkanes) is 3. The van der Waals surface area contributed by atoms with Crippen LogP contribution in [0.3, 0.4) is 0 Å². The van der Waals surface area contributed by atoms with Crippen molar-refractivity contribution < 1.29 is 5.11 Å². The number of aliphatic hydroxyl groups is 1. The van der Waals surface area contributed by atoms with Crippen LogP contribution in [0.2, 0.25) is 0 Å². The molecule has 0 aliphatic heterocycles. The lowest BCUT2D eigenvalue weighted by atomic mass is 10.0. The maximum absolute atomic E-state index is 9.80. The zero-order valence-electron chi connectivity index (χ0n) is 11.4. The molecule has 18 heavy (non-hydrogen) atoms. The molecule has 4 N–H and O–H groups in total. The fraction of sp³-hybridized carbons (Fsp3) is 0.643. The van der Waals surface area contributed by atoms with Gasteiger partial charge in [0.2, 0.25) is 0 Å². The van der Waals surface area contributed by atoms with Gasteiger partial charge in [-0.1, -0.05) is 32.6 Å². The number of pyridine rings is 1. The van der Waals surface area contributed by atoms with Gasteiger partial charge >= 0.3 is 0 Å². The van der Waals surface area contributed by atoms with E-state index in [9.17, 15) is 5.11 Å². The van der Waals surface area contributed by atoms with Crippen molar-refractivity contribution in [2.45, 2.75) is 58.1 Å². The van der Waals surface area contributed by atoms with Gasteiger partial charge in [-0.25, -0.2) is 0 Å². The second-order valence-corrected chi connectivity index (χ2v) is 4.80. The Hall–Kier alpha value is -1.29. The van der Waals surface area contributed by atoms with Crippen molar-refractivity contribution in [3.8, 4) is 0 Å². The van der Waals surface area contributed by atoms with E-state index in [-0.39, 0.29) is 12.1 Å². The average molecular weight is 251 g/mol. The van der Waals surface area contributed by atoms with Gasteiger partial charge in [0.15, 0.2) is 0 Å². The fourth-order valence-corrected chi connectivity index (χ4v) is 1.96. The van der Waals surface area contributed by atoms with Crippen LogP contribution in [0.15, 0.2) is 18.5 Å². The molecule has 0 spiro atoms. The highest BCUT2D eigenvalue weighted by Gasteiger charge is 2.15. The predicted octanol–water partition coefficient (Wildman–Crippen LogP) is 2.80. The fourth-order valence-electron chi connectivity index (χ4n) is 1.96. The molecule has 0 fully saturated rings. The van der Waals surface area contributed by atoms with E-state index >= 15 is 0 Å². The van der Waals surface area contributed by atoms with E-state index in [2.05, 4.69) is 17.2 Å². The largest absolute Gasteiger partial charge is 0.396 e. The summed E-state index contributed by atoms with van der Waals surface area (Å²) >= 11 is 0. The van der Waals surface area contributed by atoms with Gasteiger partial charge in [0.05, 0.1) is 29.7 Å². The number of aliphatic hydroxyl groups excluding tert-OH is 1. The molecule has 1 rings (SSSR count). The van der Waals surface area contributed by atoms with E-state index in [1.165, 1.54) is 19.3 Å². The van der Waals surface area contributed by atoms with Crippen LogP contribution in [-0.4, -0.2) is 22.2 Å². The number of hydrogen-bond donors (Lipinski definition) is 3. The number of nitrogens with two attached hydrogens (primary N) is 1. The van der Waals surface area contributed by atoms with Gasteiger partial charge in [-0.2, -0.15) is 0 Å². The molecular weight excluding hydrogens is 226 g/mol. The summed E-state index contributed by atoms with van der Waals surface area (Å²) in [6.07, 6.45) is 8.72. The molecule has 4 heteroatoms. The second kappa shape index (κ2) is 7.93. The van der Waals surface area contributed by atoms with Gasteiger partial charge in [0, 0.05) is 6.20 Å². The molecular formula is C14H25N3O. The van der Waals surface area contributed by atoms with Gasteiger partial charge in [-0.15, -0.1) is 0 Å². The van der Waals surface area contributed by atoms with E-state index in [4.69, 9.17) is 5.73 Å². The molecule has 1 heterocycles. The third-order valence-corrected chi connectivity index (χ3v) is 3.14. The molecule has 0 saturated heterocycles. The molecule has 0 aromatic carbocycles. The standard InChI is InChI=1S/C14H25N3O/c1-3-4-5-6-7-13(11(2)18)17-14-8-9-16-10-12(14)15/h8-11,13,18H,3-7,15H2,1-2H3,(H,16,17)/t11-,13+/m1/s1. The van der Waals surface area contributed by atoms with Crippen LogP contribution in [0.4, 0.5) is 11.4 Å². The lowest BCUT2D eigenvalue weighted by molar-refractivity contribution is 0.166. The van der Waals surface area contributed by atoms with Crippen LogP contribution < -0.4 is 11.1 Å². The van der Waals surface area contributed by atoms with Crippen molar-refractivity contribution in [2.75, 3.05) is 11.1 Å². The topological polar surface area (TPSA) is 71.2 Å². The number of nitrogen functional groups attached to an aromatic ring is 1. The molecule has 0 saturated carbocycles. The Morgan fingerprint density at radius 2 is 2.17 bits per heavy atom. The lowest BCUT2D eigenvalue weighted by Crippen LogP contribution is -2.31. The van der Waals surface area contributed by atoms with Crippen LogP contribution in [0.25, 0.3) is 0 Å². The summed E-state index contributed by atoms with van der Waals surface area (Å²) < 4.78 is 0. The molecule has 0 bridgehead atoms. The Morgan fingerprint density at radius 1 is 1.39 bits per heavy atom. The van der Waals surface area contributed by atoms with E-state index in [0.717, 1.165) is 18.5 Å². The molecule has 0 aliphatic carbocycles. The maximum atomic E-state index is 9.80. The van der Waals surface area contributed by atoms with Gasteiger partial charge in [-0.05, 0) is 19.4 Å². The SMILES string of the molecule is CCCCCC[C@H](Nc1ccncc1N)[C@@H](C)O. The first kappa shape index (κ1) is 14.8. The smallest absolute Gasteiger partial charge is 0.0736 e. The van der Waals surface area contributed by atoms with Crippen molar-refractivity contribution in [3.05, 3.63) is 18.5 Å². The highest BCUT2D eigenvalue weighted by molar-refractivity contribution is 5.64. The first-order chi connectivity index (χ1) is 8.65. The summed E-state index contributed by atoms with van der Waals surface area (Å²) in [7, 11) is 0. The zero-order chi connectivity index (χ0) is 13.4. The number of nitrogens with zero attached hydrogens (tertiary/aromatic N) is 1. The Kier molecular flexibility index (Phi) is 6.50. The summed E-state index contributed by atoms with van der Waals surface area (Å²) in [5.74, 6) is 0. The minimum atomic E-state index is -0.390. The molecule has 102 valence electrons. The third kappa shape index (κ3) is 4.92. The number of rotatable bonds is 8. The van der Waals surface area contributed by atoms with Crippen LogP contribution in [0, 0.1) is 0 Å². The highest BCUT2D eigenvalue weighted by Crippen LogP contribution is 2.19. The Morgan fingerprint density at radius 3 is 2.78 bits per heavy atom. The highest BCUT2D eigenvalue weighted by atomic mass is 16.3. The van der Waals surface area contributed by atoms with E-state index in [0.29, 0.717) is 5.69 Å². The van der Waals surface area contributed by atoms with Crippen molar-refractivity contribution >= 4 is 11.4 Å². The van der Waals surface area contributed by atoms with Gasteiger partial charge in [0.25, 0.3) is 0 Å². The lowest BCUT2D eigenvalue weighted by Gasteiger charge is -2.23. The normalized spacial score (nSPS) is 14.2. The molecule has 0 radical (unpaired) electrons. The maximum Gasteiger partial charge on any atom is 0.0736 e. The first-order valence-corrected chi connectivity index (χ1v) is 6.79. The Bertz CT molecular complexity index is 342. The molecule has 2 atom stereocenters. The summed E-state index contributed by atoms with van der Waals surface area (Å²) in [6.45, 7) is 4.01. The van der Waals surface area contributed by atoms with Gasteiger partial charge in [-0.3, -0.25) is 4.98 Å². The van der Waals surface area contributed by atoms with E-state index in [1.807, 2.05) is 13.0 Å². The minimum Gasteiger partial charge on any atom is -0.396 e. The van der Waals surface area contributed by atoms with Gasteiger partial charge < -0.3 is 16.2 Å². The summed E-state index contributed by atoms with van der Waals surface area (Å²) in [5, 5.41) is 13.1. The molecule has 4 nitrogen and oxygen atoms in total. The van der Waals surface area contributed by atoms with Crippen LogP contribution in [0.1, 0.15) is 46.0 Å². The number of aromatic nitrogens is 1. The van der Waals surface area contributed by atoms with Gasteiger partial charge in [0.1, 0.15) is 0 Å². The molecule has 0 aliphatic rings. The summed E-state index contributed by atoms with van der Waals surface area (Å²) in [6, 6.07) is 1.89. The van der Waals surface area contributed by atoms with Crippen LogP contribution in [0.5, 0.6) is 0 Å². The number of nitrogens with one attached hydrogen (secondary N) is 1. The summed E-state index contributed by atoms with van der Waals surface area (Å²) in [5.41, 5.74) is 7.31. The number of anilines is 2. The van der Waals surface area contributed by atoms with Crippen LogP contribution in [-0.2, 0) is 0 Å². The molecule has 1 aromatic heterocycles. The molecule has 0 amide bonds. The Balaban J connectivity index is 2.50. The monoisotopic (exact) mass is 251 g/mol. The van der Waals surface area contributed by atoms with Crippen molar-refractivity contribution in [1.29, 1.82) is 0 Å². The van der Waals surface area contributed by atoms with Crippen molar-refractivity contribution in [1.82, 2.24) is 4.98 Å². The second-order valence-electron chi connectivity index (χ2n) is 4.80. The van der Waals surface area contributed by atoms with Crippen molar-refractivity contribution in [2.24, 2.45) is 0 Å². The van der Waals surface area contributed by atoms with E-state index in [1.54, 1.807) is 12.4 Å². The number of hydrogen-bond acceptors (Lipinski definition) is 4. The molecule has 1 aromatic rings. The minimum absolute atomic E-state index is 0.0477. The Labute approximate surface area is 110 Å². The zero-order valence-corrected chi connectivity index (χ0v) is 11.4. The predicted molar refractivity (Wildman–Crippen MR) is 76.5 cm³/mol. The van der Waals surface area contributed by atoms with E-state index < -0.39 is 0 Å². The summed E-state index contributed by atoms with van der Waals surface area (Å²) in [4.78, 5) is 3.96. The molecule has 0 unspecified atom stereocenters. The average Bonchev–Trinajstić information content (AvgIpc) is 2.35. The first-order valence-electron chi connectivity index (χ1n) is 6.79. The van der Waals surface area contributed by atoms with Crippen molar-refractivity contribution in [3.63, 3.8) is 0 Å². The van der Waals surface area contributed by atoms with Crippen LogP contribution >= 0.6 is 0 Å².